The number of hydrogen-bond acceptors (Lipinski definition) is 2. The number of hydrogen-bond donors (Lipinski definition) is 2. The van der Waals surface area contributed by atoms with Gasteiger partial charge in [-0.3, -0.25) is 5.41 Å². The third-order valence-electron chi connectivity index (χ3n) is 2.32. The van der Waals surface area contributed by atoms with Crippen LogP contribution in [-0.4, -0.2) is 12.4 Å². The molecule has 3 heteroatoms. The number of amidine groups is 1. The molecule has 1 aromatic rings. The van der Waals surface area contributed by atoms with E-state index in [2.05, 4.69) is 0 Å². The number of benzene rings is 1. The average Bonchev–Trinajstić information content (AvgIpc) is 2.17. The minimum absolute atomic E-state index is 0.0508. The van der Waals surface area contributed by atoms with Gasteiger partial charge in [-0.05, 0) is 18.1 Å². The zero-order valence-electron chi connectivity index (χ0n) is 7.29. The predicted octanol–water partition coefficient (Wildman–Crippen LogP) is 1.17. The summed E-state index contributed by atoms with van der Waals surface area (Å²) in [6, 6.07) is 7.90. The molecule has 0 amide bonds. The average molecular weight is 176 g/mol. The fourth-order valence-electron chi connectivity index (χ4n) is 1.53. The van der Waals surface area contributed by atoms with Crippen LogP contribution in [0.25, 0.3) is 0 Å². The lowest BCUT2D eigenvalue weighted by Gasteiger charge is -2.23. The molecule has 0 radical (unpaired) electrons. The van der Waals surface area contributed by atoms with Gasteiger partial charge in [0.2, 0.25) is 0 Å². The van der Waals surface area contributed by atoms with Crippen LogP contribution in [0.15, 0.2) is 24.3 Å². The molecule has 1 aliphatic heterocycles. The topological polar surface area (TPSA) is 59.1 Å². The summed E-state index contributed by atoms with van der Waals surface area (Å²) in [6.07, 6.45) is 0.825. The Bertz CT molecular complexity index is 335. The molecule has 0 aliphatic carbocycles. The molecular formula is C10H12N2O. The zero-order valence-corrected chi connectivity index (χ0v) is 7.29. The third-order valence-corrected chi connectivity index (χ3v) is 2.32. The molecule has 1 aromatic carbocycles. The van der Waals surface area contributed by atoms with E-state index in [0.717, 1.165) is 17.7 Å². The quantitative estimate of drug-likeness (QED) is 0.498. The number of para-hydroxylation sites is 1. The Morgan fingerprint density at radius 3 is 3.00 bits per heavy atom. The summed E-state index contributed by atoms with van der Waals surface area (Å²) in [6.45, 7) is 0.534. The predicted molar refractivity (Wildman–Crippen MR) is 51.0 cm³/mol. The maximum atomic E-state index is 7.33. The summed E-state index contributed by atoms with van der Waals surface area (Å²) in [4.78, 5) is 0. The van der Waals surface area contributed by atoms with Crippen LogP contribution in [-0.2, 0) is 6.42 Å². The minimum Gasteiger partial charge on any atom is -0.493 e. The zero-order chi connectivity index (χ0) is 9.26. The summed E-state index contributed by atoms with van der Waals surface area (Å²) < 4.78 is 5.48. The molecular weight excluding hydrogens is 164 g/mol. The molecule has 1 atom stereocenters. The normalized spacial score (nSPS) is 20.2. The lowest BCUT2D eigenvalue weighted by Crippen LogP contribution is -2.32. The van der Waals surface area contributed by atoms with Crippen LogP contribution in [0.3, 0.4) is 0 Å². The van der Waals surface area contributed by atoms with Gasteiger partial charge in [0, 0.05) is 0 Å². The number of rotatable bonds is 1. The molecule has 3 N–H and O–H groups in total. The molecule has 0 saturated heterocycles. The van der Waals surface area contributed by atoms with Crippen LogP contribution < -0.4 is 10.5 Å². The monoisotopic (exact) mass is 176 g/mol. The highest BCUT2D eigenvalue weighted by Gasteiger charge is 2.21. The van der Waals surface area contributed by atoms with Gasteiger partial charge in [0.05, 0.1) is 18.4 Å². The SMILES string of the molecule is N=C(N)C1COc2ccccc2C1. The van der Waals surface area contributed by atoms with Crippen molar-refractivity contribution in [3.63, 3.8) is 0 Å². The van der Waals surface area contributed by atoms with E-state index in [0.29, 0.717) is 6.61 Å². The summed E-state index contributed by atoms with van der Waals surface area (Å²) in [5, 5.41) is 7.33. The lowest BCUT2D eigenvalue weighted by molar-refractivity contribution is 0.258. The maximum Gasteiger partial charge on any atom is 0.122 e. The van der Waals surface area contributed by atoms with Crippen LogP contribution in [0.1, 0.15) is 5.56 Å². The van der Waals surface area contributed by atoms with Crippen molar-refractivity contribution in [3.8, 4) is 5.75 Å². The fourth-order valence-corrected chi connectivity index (χ4v) is 1.53. The number of ether oxygens (including phenoxy) is 1. The Morgan fingerprint density at radius 1 is 1.46 bits per heavy atom. The first kappa shape index (κ1) is 8.10. The van der Waals surface area contributed by atoms with E-state index in [1.54, 1.807) is 0 Å². The van der Waals surface area contributed by atoms with E-state index in [-0.39, 0.29) is 11.8 Å². The highest BCUT2D eigenvalue weighted by molar-refractivity contribution is 5.80. The van der Waals surface area contributed by atoms with E-state index in [9.17, 15) is 0 Å². The van der Waals surface area contributed by atoms with Crippen molar-refractivity contribution in [3.05, 3.63) is 29.8 Å². The summed E-state index contributed by atoms with van der Waals surface area (Å²) in [7, 11) is 0. The van der Waals surface area contributed by atoms with Crippen molar-refractivity contribution >= 4 is 5.84 Å². The fraction of sp³-hybridized carbons (Fsp3) is 0.300. The Kier molecular flexibility index (Phi) is 1.93. The molecule has 1 unspecified atom stereocenters. The third kappa shape index (κ3) is 1.49. The van der Waals surface area contributed by atoms with Gasteiger partial charge in [0.1, 0.15) is 5.75 Å². The van der Waals surface area contributed by atoms with Crippen LogP contribution >= 0.6 is 0 Å². The van der Waals surface area contributed by atoms with Gasteiger partial charge in [-0.1, -0.05) is 18.2 Å². The molecule has 0 fully saturated rings. The summed E-state index contributed by atoms with van der Waals surface area (Å²) in [5.41, 5.74) is 6.57. The second-order valence-corrected chi connectivity index (χ2v) is 3.28. The van der Waals surface area contributed by atoms with E-state index in [1.807, 2.05) is 24.3 Å². The van der Waals surface area contributed by atoms with Crippen molar-refractivity contribution in [2.75, 3.05) is 6.61 Å². The molecule has 3 nitrogen and oxygen atoms in total. The van der Waals surface area contributed by atoms with Gasteiger partial charge in [0.15, 0.2) is 0 Å². The molecule has 0 aromatic heterocycles. The Labute approximate surface area is 77.0 Å². The van der Waals surface area contributed by atoms with Crippen molar-refractivity contribution in [2.45, 2.75) is 6.42 Å². The van der Waals surface area contributed by atoms with Crippen LogP contribution in [0, 0.1) is 11.3 Å². The van der Waals surface area contributed by atoms with Gasteiger partial charge < -0.3 is 10.5 Å². The highest BCUT2D eigenvalue weighted by atomic mass is 16.5. The molecule has 1 aliphatic rings. The second kappa shape index (κ2) is 3.09. The summed E-state index contributed by atoms with van der Waals surface area (Å²) in [5.74, 6) is 1.20. The largest absolute Gasteiger partial charge is 0.493 e. The highest BCUT2D eigenvalue weighted by Crippen LogP contribution is 2.26. The van der Waals surface area contributed by atoms with Crippen LogP contribution in [0.4, 0.5) is 0 Å². The molecule has 1 heterocycles. The second-order valence-electron chi connectivity index (χ2n) is 3.28. The first-order chi connectivity index (χ1) is 6.27. The Hall–Kier alpha value is -1.51. The minimum atomic E-state index is 0.0508. The van der Waals surface area contributed by atoms with Gasteiger partial charge in [0.25, 0.3) is 0 Å². The first-order valence-corrected chi connectivity index (χ1v) is 4.32. The lowest BCUT2D eigenvalue weighted by atomic mass is 9.96. The molecule has 13 heavy (non-hydrogen) atoms. The molecule has 68 valence electrons. The van der Waals surface area contributed by atoms with E-state index in [4.69, 9.17) is 15.9 Å². The van der Waals surface area contributed by atoms with Crippen LogP contribution in [0.5, 0.6) is 5.75 Å². The standard InChI is InChI=1S/C10H12N2O/c11-10(12)8-5-7-3-1-2-4-9(7)13-6-8/h1-4,8H,5-6H2,(H3,11,12). The molecule has 0 saturated carbocycles. The van der Waals surface area contributed by atoms with E-state index in [1.165, 1.54) is 0 Å². The Morgan fingerprint density at radius 2 is 2.23 bits per heavy atom. The Balaban J connectivity index is 2.24. The molecule has 0 spiro atoms. The molecule has 2 rings (SSSR count). The van der Waals surface area contributed by atoms with Crippen molar-refractivity contribution < 1.29 is 4.74 Å². The first-order valence-electron chi connectivity index (χ1n) is 4.32. The molecule has 0 bridgehead atoms. The smallest absolute Gasteiger partial charge is 0.122 e. The van der Waals surface area contributed by atoms with Crippen molar-refractivity contribution in [1.82, 2.24) is 0 Å². The van der Waals surface area contributed by atoms with Gasteiger partial charge in [-0.2, -0.15) is 0 Å². The van der Waals surface area contributed by atoms with Gasteiger partial charge in [-0.15, -0.1) is 0 Å². The maximum absolute atomic E-state index is 7.33. The summed E-state index contributed by atoms with van der Waals surface area (Å²) >= 11 is 0. The number of nitrogens with one attached hydrogen (secondary N) is 1. The van der Waals surface area contributed by atoms with Gasteiger partial charge >= 0.3 is 0 Å². The van der Waals surface area contributed by atoms with Crippen molar-refractivity contribution in [1.29, 1.82) is 5.41 Å². The van der Waals surface area contributed by atoms with Crippen molar-refractivity contribution in [2.24, 2.45) is 11.7 Å². The van der Waals surface area contributed by atoms with Gasteiger partial charge in [-0.25, -0.2) is 0 Å². The van der Waals surface area contributed by atoms with E-state index < -0.39 is 0 Å². The number of nitrogens with two attached hydrogens (primary N) is 1. The number of fused-ring (bicyclic) bond motifs is 1. The van der Waals surface area contributed by atoms with Crippen LogP contribution in [0.2, 0.25) is 0 Å². The van der Waals surface area contributed by atoms with E-state index >= 15 is 0 Å².